The highest BCUT2D eigenvalue weighted by atomic mass is 35.5. The van der Waals surface area contributed by atoms with Crippen molar-refractivity contribution in [2.45, 2.75) is 19.0 Å². The molecule has 0 saturated carbocycles. The summed E-state index contributed by atoms with van der Waals surface area (Å²) >= 11 is 11.8. The monoisotopic (exact) mass is 458 g/mol. The van der Waals surface area contributed by atoms with Crippen molar-refractivity contribution in [1.29, 1.82) is 0 Å². The first-order valence-corrected chi connectivity index (χ1v) is 9.52. The van der Waals surface area contributed by atoms with E-state index in [9.17, 15) is 27.9 Å². The Hall–Kier alpha value is -2.71. The van der Waals surface area contributed by atoms with Gasteiger partial charge in [0.1, 0.15) is 0 Å². The summed E-state index contributed by atoms with van der Waals surface area (Å²) < 4.78 is 39.7. The number of alkyl halides is 3. The molecule has 1 heterocycles. The van der Waals surface area contributed by atoms with E-state index in [1.54, 1.807) is 18.2 Å². The Morgan fingerprint density at radius 2 is 1.87 bits per heavy atom. The number of hydrogen-bond donors (Lipinski definition) is 3. The fraction of sp³-hybridized carbons (Fsp3) is 0.200. The Kier molecular flexibility index (Phi) is 6.28. The van der Waals surface area contributed by atoms with Gasteiger partial charge in [0.05, 0.1) is 26.7 Å². The van der Waals surface area contributed by atoms with E-state index < -0.39 is 40.0 Å². The number of benzene rings is 2. The van der Waals surface area contributed by atoms with Crippen LogP contribution in [0.1, 0.15) is 27.9 Å². The summed E-state index contributed by atoms with van der Waals surface area (Å²) in [6, 6.07) is 8.24. The van der Waals surface area contributed by atoms with Crippen molar-refractivity contribution in [2.24, 2.45) is 0 Å². The molecule has 2 aromatic carbocycles. The molecule has 30 heavy (non-hydrogen) atoms. The lowest BCUT2D eigenvalue weighted by molar-refractivity contribution is -0.136. The van der Waals surface area contributed by atoms with Gasteiger partial charge in [0.15, 0.2) is 5.75 Å². The van der Waals surface area contributed by atoms with E-state index in [1.807, 2.05) is 4.98 Å². The topological polar surface area (TPSA) is 82.2 Å². The molecule has 0 fully saturated rings. The Bertz CT molecular complexity index is 1180. The smallest absolute Gasteiger partial charge is 0.418 e. The lowest BCUT2D eigenvalue weighted by Gasteiger charge is -2.13. The minimum Gasteiger partial charge on any atom is -0.502 e. The standard InChI is InChI=1S/C20H15Cl2F3N2O3/c21-13-7-6-10(9-14(13)22)3-2-8-26-18(29)15-11-4-1-5-12(20(23,24)25)16(11)27-19(30)17(15)28/h1,4-7,9,28H,2-3,8H2,(H,26,29)(H,27,30). The van der Waals surface area contributed by atoms with Crippen LogP contribution in [0.25, 0.3) is 10.9 Å². The molecule has 0 bridgehead atoms. The second-order valence-electron chi connectivity index (χ2n) is 6.51. The lowest BCUT2D eigenvalue weighted by Crippen LogP contribution is -2.27. The van der Waals surface area contributed by atoms with Crippen LogP contribution in [0, 0.1) is 0 Å². The molecule has 0 saturated heterocycles. The van der Waals surface area contributed by atoms with Gasteiger partial charge < -0.3 is 15.4 Å². The van der Waals surface area contributed by atoms with Crippen molar-refractivity contribution in [3.63, 3.8) is 0 Å². The van der Waals surface area contributed by atoms with Crippen LogP contribution in [0.3, 0.4) is 0 Å². The van der Waals surface area contributed by atoms with Gasteiger partial charge in [-0.2, -0.15) is 13.2 Å². The number of para-hydroxylation sites is 1. The number of nitrogens with one attached hydrogen (secondary N) is 2. The zero-order valence-electron chi connectivity index (χ0n) is 15.2. The zero-order valence-corrected chi connectivity index (χ0v) is 16.8. The number of carbonyl (C=O) groups excluding carboxylic acids is 1. The van der Waals surface area contributed by atoms with E-state index >= 15 is 0 Å². The Morgan fingerprint density at radius 1 is 1.13 bits per heavy atom. The lowest BCUT2D eigenvalue weighted by atomic mass is 10.0. The molecular formula is C20H15Cl2F3N2O3. The summed E-state index contributed by atoms with van der Waals surface area (Å²) in [6.45, 7) is 0.159. The molecule has 0 aliphatic rings. The minimum absolute atomic E-state index is 0.159. The van der Waals surface area contributed by atoms with E-state index in [1.165, 1.54) is 6.07 Å². The van der Waals surface area contributed by atoms with E-state index in [-0.39, 0.29) is 11.9 Å². The van der Waals surface area contributed by atoms with Gasteiger partial charge in [0, 0.05) is 11.9 Å². The van der Waals surface area contributed by atoms with Crippen molar-refractivity contribution >= 4 is 40.0 Å². The molecule has 3 rings (SSSR count). The van der Waals surface area contributed by atoms with Crippen LogP contribution in [0.15, 0.2) is 41.2 Å². The van der Waals surface area contributed by atoms with Crippen LogP contribution < -0.4 is 10.9 Å². The van der Waals surface area contributed by atoms with Gasteiger partial charge >= 0.3 is 6.18 Å². The Labute approximate surface area is 178 Å². The zero-order chi connectivity index (χ0) is 22.1. The molecule has 1 amide bonds. The number of aromatic hydroxyl groups is 1. The largest absolute Gasteiger partial charge is 0.502 e. The summed E-state index contributed by atoms with van der Waals surface area (Å²) in [4.78, 5) is 26.5. The van der Waals surface area contributed by atoms with Crippen LogP contribution >= 0.6 is 23.2 Å². The van der Waals surface area contributed by atoms with Crippen molar-refractivity contribution < 1.29 is 23.1 Å². The number of H-pyrrole nitrogens is 1. The molecule has 0 spiro atoms. The average molecular weight is 459 g/mol. The number of aromatic amines is 1. The molecule has 0 unspecified atom stereocenters. The summed E-state index contributed by atoms with van der Waals surface area (Å²) in [5.74, 6) is -1.79. The number of amides is 1. The first-order valence-electron chi connectivity index (χ1n) is 8.77. The van der Waals surface area contributed by atoms with E-state index in [2.05, 4.69) is 5.32 Å². The SMILES string of the molecule is O=C(NCCCc1ccc(Cl)c(Cl)c1)c1c(O)c(=O)[nH]c2c(C(F)(F)F)cccc12. The molecule has 0 radical (unpaired) electrons. The van der Waals surface area contributed by atoms with Crippen LogP contribution in [-0.2, 0) is 12.6 Å². The summed E-state index contributed by atoms with van der Waals surface area (Å²) in [7, 11) is 0. The maximum absolute atomic E-state index is 13.2. The van der Waals surface area contributed by atoms with Gasteiger partial charge in [-0.15, -0.1) is 0 Å². The maximum Gasteiger partial charge on any atom is 0.418 e. The van der Waals surface area contributed by atoms with Gasteiger partial charge in [-0.3, -0.25) is 9.59 Å². The molecular weight excluding hydrogens is 444 g/mol. The average Bonchev–Trinajstić information content (AvgIpc) is 2.67. The molecule has 5 nitrogen and oxygen atoms in total. The summed E-state index contributed by atoms with van der Waals surface area (Å²) in [5.41, 5.74) is -2.47. The highest BCUT2D eigenvalue weighted by Gasteiger charge is 2.34. The van der Waals surface area contributed by atoms with Gasteiger partial charge in [-0.1, -0.05) is 41.4 Å². The van der Waals surface area contributed by atoms with Crippen molar-refractivity contribution in [1.82, 2.24) is 10.3 Å². The van der Waals surface area contributed by atoms with Crippen LogP contribution in [0.5, 0.6) is 5.75 Å². The summed E-state index contributed by atoms with van der Waals surface area (Å²) in [5, 5.41) is 13.2. The molecule has 158 valence electrons. The number of aromatic nitrogens is 1. The van der Waals surface area contributed by atoms with Gasteiger partial charge in [-0.05, 0) is 36.6 Å². The number of fused-ring (bicyclic) bond motifs is 1. The predicted octanol–water partition coefficient (Wildman–Crippen LogP) is 4.92. The number of carbonyl (C=O) groups is 1. The van der Waals surface area contributed by atoms with Crippen molar-refractivity contribution in [3.05, 3.63) is 73.5 Å². The highest BCUT2D eigenvalue weighted by Crippen LogP contribution is 2.35. The first-order chi connectivity index (χ1) is 14.1. The molecule has 1 aromatic heterocycles. The second-order valence-corrected chi connectivity index (χ2v) is 7.33. The van der Waals surface area contributed by atoms with Crippen LogP contribution in [0.2, 0.25) is 10.0 Å². The first kappa shape index (κ1) is 22.0. The Balaban J connectivity index is 1.81. The molecule has 0 aliphatic carbocycles. The normalized spacial score (nSPS) is 11.6. The third kappa shape index (κ3) is 4.55. The van der Waals surface area contributed by atoms with E-state index in [4.69, 9.17) is 23.2 Å². The fourth-order valence-corrected chi connectivity index (χ4v) is 3.37. The number of aryl methyl sites for hydroxylation is 1. The number of pyridine rings is 1. The second kappa shape index (κ2) is 8.57. The van der Waals surface area contributed by atoms with Gasteiger partial charge in [0.25, 0.3) is 11.5 Å². The van der Waals surface area contributed by atoms with Gasteiger partial charge in [-0.25, -0.2) is 0 Å². The molecule has 3 N–H and O–H groups in total. The quantitative estimate of drug-likeness (QED) is 0.474. The third-order valence-electron chi connectivity index (χ3n) is 4.47. The highest BCUT2D eigenvalue weighted by molar-refractivity contribution is 6.42. The number of rotatable bonds is 5. The third-order valence-corrected chi connectivity index (χ3v) is 5.21. The molecule has 3 aromatic rings. The van der Waals surface area contributed by atoms with Crippen LogP contribution in [-0.4, -0.2) is 22.5 Å². The molecule has 0 aliphatic heterocycles. The van der Waals surface area contributed by atoms with E-state index in [0.717, 1.165) is 17.7 Å². The molecule has 0 atom stereocenters. The fourth-order valence-electron chi connectivity index (χ4n) is 3.05. The van der Waals surface area contributed by atoms with Crippen LogP contribution in [0.4, 0.5) is 13.2 Å². The summed E-state index contributed by atoms with van der Waals surface area (Å²) in [6.07, 6.45) is -3.70. The van der Waals surface area contributed by atoms with E-state index in [0.29, 0.717) is 22.9 Å². The minimum atomic E-state index is -4.74. The number of halogens is 5. The number of hydrogen-bond acceptors (Lipinski definition) is 3. The van der Waals surface area contributed by atoms with Gasteiger partial charge in [0.2, 0.25) is 0 Å². The predicted molar refractivity (Wildman–Crippen MR) is 108 cm³/mol. The maximum atomic E-state index is 13.2. The molecule has 10 heteroatoms. The van der Waals surface area contributed by atoms with Crippen molar-refractivity contribution in [3.8, 4) is 5.75 Å². The van der Waals surface area contributed by atoms with Crippen molar-refractivity contribution in [2.75, 3.05) is 6.54 Å². The Morgan fingerprint density at radius 3 is 2.53 bits per heavy atom.